The molecule has 0 saturated heterocycles. The summed E-state index contributed by atoms with van der Waals surface area (Å²) in [5.74, 6) is -2.69. The number of aliphatic hydroxyl groups is 1. The lowest BCUT2D eigenvalue weighted by Gasteiger charge is -2.39. The summed E-state index contributed by atoms with van der Waals surface area (Å²) in [4.78, 5) is 34.1. The molecule has 34 heavy (non-hydrogen) atoms. The fraction of sp³-hybridized carbons (Fsp3) is 0.400. The fourth-order valence-corrected chi connectivity index (χ4v) is 4.62. The topological polar surface area (TPSA) is 132 Å². The Balaban J connectivity index is 0.000000350. The molecule has 4 N–H and O–H groups in total. The number of amides is 1. The third kappa shape index (κ3) is 5.37. The van der Waals surface area contributed by atoms with Gasteiger partial charge in [0.15, 0.2) is 0 Å². The van der Waals surface area contributed by atoms with Gasteiger partial charge in [0.05, 0.1) is 18.6 Å². The number of nitrogens with zero attached hydrogens (tertiary/aromatic N) is 2. The van der Waals surface area contributed by atoms with Crippen LogP contribution >= 0.6 is 0 Å². The van der Waals surface area contributed by atoms with Crippen LogP contribution in [0.15, 0.2) is 42.6 Å². The van der Waals surface area contributed by atoms with E-state index in [0.29, 0.717) is 24.7 Å². The minimum Gasteiger partial charge on any atom is -0.478 e. The van der Waals surface area contributed by atoms with Crippen LogP contribution in [0, 0.1) is 5.92 Å². The van der Waals surface area contributed by atoms with Gasteiger partial charge in [-0.1, -0.05) is 25.1 Å². The van der Waals surface area contributed by atoms with Crippen molar-refractivity contribution in [2.45, 2.75) is 31.8 Å². The number of rotatable bonds is 6. The molecule has 182 valence electrons. The van der Waals surface area contributed by atoms with Crippen LogP contribution in [0.5, 0.6) is 0 Å². The average Bonchev–Trinajstić information content (AvgIpc) is 3.13. The van der Waals surface area contributed by atoms with E-state index in [-0.39, 0.29) is 24.5 Å². The van der Waals surface area contributed by atoms with Crippen molar-refractivity contribution in [1.82, 2.24) is 14.8 Å². The Labute approximate surface area is 198 Å². The number of nitrogens with one attached hydrogen (secondary N) is 1. The lowest BCUT2D eigenvalue weighted by atomic mass is 9.80. The van der Waals surface area contributed by atoms with Crippen LogP contribution in [-0.4, -0.2) is 74.9 Å². The highest BCUT2D eigenvalue weighted by atomic mass is 16.4. The van der Waals surface area contributed by atoms with Gasteiger partial charge in [-0.15, -0.1) is 0 Å². The average molecular weight is 470 g/mol. The van der Waals surface area contributed by atoms with E-state index >= 15 is 0 Å². The van der Waals surface area contributed by atoms with Gasteiger partial charge in [-0.25, -0.2) is 9.59 Å². The predicted octanol–water partition coefficient (Wildman–Crippen LogP) is 1.65. The van der Waals surface area contributed by atoms with Crippen LogP contribution in [0.4, 0.5) is 0 Å². The van der Waals surface area contributed by atoms with E-state index in [1.807, 2.05) is 6.92 Å². The second kappa shape index (κ2) is 10.7. The molecule has 0 saturated carbocycles. The van der Waals surface area contributed by atoms with Gasteiger partial charge in [-0.05, 0) is 42.7 Å². The molecule has 1 amide bonds. The number of carboxylic acids is 2. The highest BCUT2D eigenvalue weighted by Crippen LogP contribution is 2.41. The lowest BCUT2D eigenvalue weighted by molar-refractivity contribution is -0.134. The molecule has 1 aliphatic carbocycles. The van der Waals surface area contributed by atoms with Crippen molar-refractivity contribution in [2.24, 2.45) is 13.0 Å². The number of carbonyl (C=O) groups is 3. The highest BCUT2D eigenvalue weighted by Gasteiger charge is 2.36. The number of aliphatic hydroxyl groups excluding tert-OH is 1. The van der Waals surface area contributed by atoms with Crippen LogP contribution in [0.3, 0.4) is 0 Å². The number of likely N-dealkylation sites (N-methyl/N-ethyl adjacent to an activating group) is 1. The standard InChI is InChI=1S/C21H27N3O2.C4H4O4/c1-4-15(12-25)22-21(26)14-8-17-16-6-5-7-18-20(16)13(10-23(18)2)9-19(17)24(3)11-14;5-3(6)1-2-4(7)8/h5-8,10,14-15,19,25H,4,9,11-12H2,1-3H3,(H,22,26);1-2H,(H,5,6)(H,7,8)/b;2-1+/t14-,15+,19-;/m1./s1. The molecule has 1 aromatic carbocycles. The van der Waals surface area contributed by atoms with E-state index in [1.165, 1.54) is 27.6 Å². The molecule has 9 nitrogen and oxygen atoms in total. The smallest absolute Gasteiger partial charge is 0.328 e. The maximum atomic E-state index is 12.7. The second-order valence-corrected chi connectivity index (χ2v) is 8.66. The quantitative estimate of drug-likeness (QED) is 0.473. The fourth-order valence-electron chi connectivity index (χ4n) is 4.62. The van der Waals surface area contributed by atoms with Gasteiger partial charge >= 0.3 is 11.9 Å². The molecule has 9 heteroatoms. The number of carboxylic acid groups (broad SMARTS) is 2. The molecule has 0 unspecified atom stereocenters. The zero-order valence-electron chi connectivity index (χ0n) is 19.6. The summed E-state index contributed by atoms with van der Waals surface area (Å²) in [5, 5.41) is 29.3. The molecular weight excluding hydrogens is 438 g/mol. The summed E-state index contributed by atoms with van der Waals surface area (Å²) in [6.07, 6.45) is 7.24. The van der Waals surface area contributed by atoms with Crippen LogP contribution in [-0.2, 0) is 27.9 Å². The summed E-state index contributed by atoms with van der Waals surface area (Å²) in [6.45, 7) is 2.66. The Bertz CT molecular complexity index is 1130. The van der Waals surface area contributed by atoms with Crippen LogP contribution < -0.4 is 5.32 Å². The number of hydrogen-bond donors (Lipinski definition) is 4. The van der Waals surface area contributed by atoms with Crippen molar-refractivity contribution in [1.29, 1.82) is 0 Å². The largest absolute Gasteiger partial charge is 0.478 e. The third-order valence-corrected chi connectivity index (χ3v) is 6.34. The molecule has 2 aromatic rings. The SMILES string of the molecule is CC[C@@H](CO)NC(=O)[C@@H]1C=C2c3cccc4c3c(cn4C)C[C@H]2N(C)C1.O=C(O)/C=C/C(=O)O. The zero-order valence-corrected chi connectivity index (χ0v) is 19.6. The van der Waals surface area contributed by atoms with Crippen molar-refractivity contribution >= 4 is 34.3 Å². The molecule has 4 rings (SSSR count). The number of aliphatic carboxylic acids is 2. The van der Waals surface area contributed by atoms with E-state index in [1.54, 1.807) is 0 Å². The molecule has 2 aliphatic rings. The van der Waals surface area contributed by atoms with E-state index in [2.05, 4.69) is 59.4 Å². The van der Waals surface area contributed by atoms with Crippen molar-refractivity contribution in [3.63, 3.8) is 0 Å². The van der Waals surface area contributed by atoms with Crippen LogP contribution in [0.25, 0.3) is 16.5 Å². The first-order valence-electron chi connectivity index (χ1n) is 11.2. The number of benzene rings is 1. The Morgan fingerprint density at radius 1 is 1.18 bits per heavy atom. The first-order chi connectivity index (χ1) is 16.2. The summed E-state index contributed by atoms with van der Waals surface area (Å²) in [6, 6.07) is 6.60. The van der Waals surface area contributed by atoms with Crippen LogP contribution in [0.1, 0.15) is 24.5 Å². The van der Waals surface area contributed by atoms with Crippen molar-refractivity contribution < 1.29 is 29.7 Å². The first-order valence-corrected chi connectivity index (χ1v) is 11.2. The maximum Gasteiger partial charge on any atom is 0.328 e. The minimum absolute atomic E-state index is 0.00901. The maximum absolute atomic E-state index is 12.7. The Morgan fingerprint density at radius 3 is 2.44 bits per heavy atom. The Kier molecular flexibility index (Phi) is 7.90. The molecule has 2 heterocycles. The predicted molar refractivity (Wildman–Crippen MR) is 128 cm³/mol. The van der Waals surface area contributed by atoms with E-state index in [0.717, 1.165) is 12.8 Å². The number of hydrogen-bond acceptors (Lipinski definition) is 5. The molecule has 1 aliphatic heterocycles. The second-order valence-electron chi connectivity index (χ2n) is 8.66. The minimum atomic E-state index is -1.26. The van der Waals surface area contributed by atoms with Gasteiger partial charge in [0.1, 0.15) is 0 Å². The third-order valence-electron chi connectivity index (χ3n) is 6.34. The van der Waals surface area contributed by atoms with E-state index in [4.69, 9.17) is 10.2 Å². The summed E-state index contributed by atoms with van der Waals surface area (Å²) < 4.78 is 2.20. The normalized spacial score (nSPS) is 20.2. The summed E-state index contributed by atoms with van der Waals surface area (Å²) in [7, 11) is 4.20. The molecule has 0 radical (unpaired) electrons. The number of carbonyl (C=O) groups excluding carboxylic acids is 1. The molecule has 0 bridgehead atoms. The van der Waals surface area contributed by atoms with Crippen molar-refractivity contribution in [3.8, 4) is 0 Å². The zero-order chi connectivity index (χ0) is 25.0. The van der Waals surface area contributed by atoms with Gasteiger partial charge in [0.2, 0.25) is 5.91 Å². The van der Waals surface area contributed by atoms with Gasteiger partial charge in [-0.3, -0.25) is 9.69 Å². The number of aryl methyl sites for hydroxylation is 1. The van der Waals surface area contributed by atoms with Crippen molar-refractivity contribution in [2.75, 3.05) is 20.2 Å². The molecule has 0 fully saturated rings. The Hall–Kier alpha value is -3.43. The van der Waals surface area contributed by atoms with Gasteiger partial charge in [0.25, 0.3) is 0 Å². The van der Waals surface area contributed by atoms with E-state index < -0.39 is 11.9 Å². The summed E-state index contributed by atoms with van der Waals surface area (Å²) >= 11 is 0. The highest BCUT2D eigenvalue weighted by molar-refractivity contribution is 5.99. The van der Waals surface area contributed by atoms with E-state index in [9.17, 15) is 19.5 Å². The number of fused-ring (bicyclic) bond motifs is 2. The molecule has 3 atom stereocenters. The molecule has 0 spiro atoms. The monoisotopic (exact) mass is 469 g/mol. The molecular formula is C25H31N3O6. The first kappa shape index (κ1) is 25.2. The van der Waals surface area contributed by atoms with Crippen LogP contribution in [0.2, 0.25) is 0 Å². The van der Waals surface area contributed by atoms with Gasteiger partial charge in [-0.2, -0.15) is 0 Å². The lowest BCUT2D eigenvalue weighted by Crippen LogP contribution is -2.48. The van der Waals surface area contributed by atoms with Crippen molar-refractivity contribution in [3.05, 3.63) is 53.8 Å². The number of aromatic nitrogens is 1. The van der Waals surface area contributed by atoms with Gasteiger partial charge in [0, 0.05) is 48.9 Å². The summed E-state index contributed by atoms with van der Waals surface area (Å²) in [5.41, 5.74) is 5.16. The Morgan fingerprint density at radius 2 is 1.85 bits per heavy atom. The van der Waals surface area contributed by atoms with Gasteiger partial charge < -0.3 is 25.2 Å². The molecule has 1 aromatic heterocycles.